The van der Waals surface area contributed by atoms with Crippen LogP contribution in [0.15, 0.2) is 47.3 Å². The summed E-state index contributed by atoms with van der Waals surface area (Å²) in [5, 5.41) is 2.76. The number of H-pyrrole nitrogens is 1. The molecule has 0 aliphatic carbocycles. The van der Waals surface area contributed by atoms with Gasteiger partial charge in [-0.25, -0.2) is 0 Å². The van der Waals surface area contributed by atoms with Gasteiger partial charge in [0.1, 0.15) is 5.69 Å². The Morgan fingerprint density at radius 1 is 1.20 bits per heavy atom. The van der Waals surface area contributed by atoms with Crippen molar-refractivity contribution in [3.05, 3.63) is 64.1 Å². The molecule has 4 N–H and O–H groups in total. The Morgan fingerprint density at radius 2 is 2.00 bits per heavy atom. The summed E-state index contributed by atoms with van der Waals surface area (Å²) >= 11 is 0. The van der Waals surface area contributed by atoms with E-state index in [0.29, 0.717) is 12.2 Å². The zero-order chi connectivity index (χ0) is 14.4. The van der Waals surface area contributed by atoms with Gasteiger partial charge in [0.25, 0.3) is 5.91 Å². The largest absolute Gasteiger partial charge is 0.330 e. The van der Waals surface area contributed by atoms with Gasteiger partial charge in [-0.3, -0.25) is 9.59 Å². The summed E-state index contributed by atoms with van der Waals surface area (Å²) in [6.07, 6.45) is 1.78. The van der Waals surface area contributed by atoms with Gasteiger partial charge in [0.2, 0.25) is 5.56 Å². The van der Waals surface area contributed by atoms with E-state index in [0.717, 1.165) is 18.4 Å². The predicted molar refractivity (Wildman–Crippen MR) is 78.8 cm³/mol. The SMILES string of the molecule is NCCCc1cccc(NC(=O)c2cccc(=O)[nH]2)c1. The van der Waals surface area contributed by atoms with E-state index in [1.165, 1.54) is 6.07 Å². The molecule has 0 saturated carbocycles. The molecule has 5 heteroatoms. The fraction of sp³-hybridized carbons (Fsp3) is 0.200. The van der Waals surface area contributed by atoms with Gasteiger partial charge in [0.05, 0.1) is 0 Å². The molecule has 5 nitrogen and oxygen atoms in total. The van der Waals surface area contributed by atoms with Gasteiger partial charge in [-0.1, -0.05) is 18.2 Å². The molecule has 0 bridgehead atoms. The van der Waals surface area contributed by atoms with Crippen LogP contribution in [0.4, 0.5) is 5.69 Å². The van der Waals surface area contributed by atoms with Crippen molar-refractivity contribution in [2.24, 2.45) is 5.73 Å². The van der Waals surface area contributed by atoms with Gasteiger partial charge in [-0.15, -0.1) is 0 Å². The van der Waals surface area contributed by atoms with Crippen LogP contribution in [0.3, 0.4) is 0 Å². The molecule has 1 aromatic carbocycles. The van der Waals surface area contributed by atoms with Crippen molar-refractivity contribution in [1.29, 1.82) is 0 Å². The third-order valence-electron chi connectivity index (χ3n) is 2.87. The Labute approximate surface area is 116 Å². The molecule has 104 valence electrons. The van der Waals surface area contributed by atoms with E-state index < -0.39 is 0 Å². The molecule has 2 rings (SSSR count). The van der Waals surface area contributed by atoms with Crippen LogP contribution in [0.5, 0.6) is 0 Å². The second-order valence-electron chi connectivity index (χ2n) is 4.48. The van der Waals surface area contributed by atoms with Crippen LogP contribution in [0.2, 0.25) is 0 Å². The molecule has 1 heterocycles. The lowest BCUT2D eigenvalue weighted by atomic mass is 10.1. The Hall–Kier alpha value is -2.40. The maximum atomic E-state index is 12.0. The average molecular weight is 271 g/mol. The average Bonchev–Trinajstić information content (AvgIpc) is 2.45. The normalized spacial score (nSPS) is 10.2. The number of rotatable bonds is 5. The Kier molecular flexibility index (Phi) is 4.68. The van der Waals surface area contributed by atoms with Crippen LogP contribution in [0, 0.1) is 0 Å². The summed E-state index contributed by atoms with van der Waals surface area (Å²) in [5.74, 6) is -0.335. The highest BCUT2D eigenvalue weighted by atomic mass is 16.2. The van der Waals surface area contributed by atoms with Crippen LogP contribution in [-0.4, -0.2) is 17.4 Å². The molecule has 0 radical (unpaired) electrons. The van der Waals surface area contributed by atoms with E-state index in [-0.39, 0.29) is 17.2 Å². The fourth-order valence-electron chi connectivity index (χ4n) is 1.89. The summed E-state index contributed by atoms with van der Waals surface area (Å²) in [4.78, 5) is 25.7. The molecule has 2 aromatic rings. The summed E-state index contributed by atoms with van der Waals surface area (Å²) in [7, 11) is 0. The minimum absolute atomic E-state index is 0.241. The highest BCUT2D eigenvalue weighted by Gasteiger charge is 2.06. The Bertz CT molecular complexity index is 649. The van der Waals surface area contributed by atoms with Crippen molar-refractivity contribution in [2.75, 3.05) is 11.9 Å². The van der Waals surface area contributed by atoms with Crippen molar-refractivity contribution in [2.45, 2.75) is 12.8 Å². The first-order valence-corrected chi connectivity index (χ1v) is 6.49. The number of aromatic amines is 1. The predicted octanol–water partition coefficient (Wildman–Crippen LogP) is 1.52. The van der Waals surface area contributed by atoms with Gasteiger partial charge in [0.15, 0.2) is 0 Å². The number of hydrogen-bond acceptors (Lipinski definition) is 3. The van der Waals surface area contributed by atoms with Crippen LogP contribution in [-0.2, 0) is 6.42 Å². The zero-order valence-corrected chi connectivity index (χ0v) is 11.1. The molecule has 0 aliphatic rings. The molecular formula is C15H17N3O2. The highest BCUT2D eigenvalue weighted by Crippen LogP contribution is 2.13. The van der Waals surface area contributed by atoms with E-state index >= 15 is 0 Å². The van der Waals surface area contributed by atoms with E-state index in [4.69, 9.17) is 5.73 Å². The number of aromatic nitrogens is 1. The first-order valence-electron chi connectivity index (χ1n) is 6.49. The molecule has 0 spiro atoms. The van der Waals surface area contributed by atoms with Crippen molar-refractivity contribution >= 4 is 11.6 Å². The maximum absolute atomic E-state index is 12.0. The molecule has 0 unspecified atom stereocenters. The molecule has 20 heavy (non-hydrogen) atoms. The zero-order valence-electron chi connectivity index (χ0n) is 11.1. The lowest BCUT2D eigenvalue weighted by molar-refractivity contribution is 0.102. The first kappa shape index (κ1) is 14.0. The first-order chi connectivity index (χ1) is 9.69. The summed E-state index contributed by atoms with van der Waals surface area (Å²) in [6.45, 7) is 0.641. The third kappa shape index (κ3) is 3.80. The smallest absolute Gasteiger partial charge is 0.272 e. The summed E-state index contributed by atoms with van der Waals surface area (Å²) in [5.41, 5.74) is 7.25. The van der Waals surface area contributed by atoms with E-state index in [2.05, 4.69) is 10.3 Å². The fourth-order valence-corrected chi connectivity index (χ4v) is 1.89. The minimum Gasteiger partial charge on any atom is -0.330 e. The third-order valence-corrected chi connectivity index (χ3v) is 2.87. The van der Waals surface area contributed by atoms with Crippen LogP contribution >= 0.6 is 0 Å². The second-order valence-corrected chi connectivity index (χ2v) is 4.48. The van der Waals surface area contributed by atoms with Crippen molar-refractivity contribution in [3.8, 4) is 0 Å². The quantitative estimate of drug-likeness (QED) is 0.770. The molecular weight excluding hydrogens is 254 g/mol. The van der Waals surface area contributed by atoms with Gasteiger partial charge in [0, 0.05) is 11.8 Å². The van der Waals surface area contributed by atoms with Crippen molar-refractivity contribution in [3.63, 3.8) is 0 Å². The number of benzene rings is 1. The van der Waals surface area contributed by atoms with Gasteiger partial charge in [-0.2, -0.15) is 0 Å². The van der Waals surface area contributed by atoms with Crippen LogP contribution in [0.1, 0.15) is 22.5 Å². The second kappa shape index (κ2) is 6.68. The van der Waals surface area contributed by atoms with Crippen LogP contribution < -0.4 is 16.6 Å². The summed E-state index contributed by atoms with van der Waals surface area (Å²) < 4.78 is 0. The summed E-state index contributed by atoms with van der Waals surface area (Å²) in [6, 6.07) is 12.1. The Morgan fingerprint density at radius 3 is 2.75 bits per heavy atom. The topological polar surface area (TPSA) is 88.0 Å². The number of aryl methyl sites for hydroxylation is 1. The van der Waals surface area contributed by atoms with E-state index in [1.807, 2.05) is 24.3 Å². The minimum atomic E-state index is -0.335. The van der Waals surface area contributed by atoms with Crippen molar-refractivity contribution in [1.82, 2.24) is 4.98 Å². The van der Waals surface area contributed by atoms with Gasteiger partial charge in [-0.05, 0) is 43.1 Å². The number of pyridine rings is 1. The maximum Gasteiger partial charge on any atom is 0.272 e. The standard InChI is InChI=1S/C15H17N3O2/c16-9-3-5-11-4-1-6-12(10-11)17-15(20)13-7-2-8-14(19)18-13/h1-2,4,6-8,10H,3,5,9,16H2,(H,17,20)(H,18,19). The number of nitrogens with two attached hydrogens (primary N) is 1. The number of nitrogens with one attached hydrogen (secondary N) is 2. The highest BCUT2D eigenvalue weighted by molar-refractivity contribution is 6.02. The van der Waals surface area contributed by atoms with E-state index in [1.54, 1.807) is 12.1 Å². The molecule has 0 atom stereocenters. The number of carbonyl (C=O) groups is 1. The monoisotopic (exact) mass is 271 g/mol. The number of anilines is 1. The van der Waals surface area contributed by atoms with Gasteiger partial charge < -0.3 is 16.0 Å². The molecule has 0 fully saturated rings. The lowest BCUT2D eigenvalue weighted by Gasteiger charge is -2.07. The Balaban J connectivity index is 2.09. The van der Waals surface area contributed by atoms with E-state index in [9.17, 15) is 9.59 Å². The van der Waals surface area contributed by atoms with Crippen LogP contribution in [0.25, 0.3) is 0 Å². The van der Waals surface area contributed by atoms with Crippen molar-refractivity contribution < 1.29 is 4.79 Å². The molecule has 1 amide bonds. The lowest BCUT2D eigenvalue weighted by Crippen LogP contribution is -2.17. The van der Waals surface area contributed by atoms with Gasteiger partial charge >= 0.3 is 0 Å². The molecule has 1 aromatic heterocycles. The molecule has 0 aliphatic heterocycles. The molecule has 0 saturated heterocycles. The number of amides is 1. The number of carbonyl (C=O) groups excluding carboxylic acids is 1. The number of hydrogen-bond donors (Lipinski definition) is 3.